The van der Waals surface area contributed by atoms with Gasteiger partial charge in [-0.2, -0.15) is 0 Å². The Hall–Kier alpha value is -3.33. The highest BCUT2D eigenvalue weighted by Crippen LogP contribution is 2.29. The Bertz CT molecular complexity index is 888. The summed E-state index contributed by atoms with van der Waals surface area (Å²) in [6.45, 7) is 0.905. The molecule has 9 nitrogen and oxygen atoms in total. The lowest BCUT2D eigenvalue weighted by Crippen LogP contribution is -2.31. The number of nitro benzene ring substituents is 1. The van der Waals surface area contributed by atoms with Crippen LogP contribution in [0.4, 0.5) is 11.4 Å². The van der Waals surface area contributed by atoms with Crippen LogP contribution in [0.3, 0.4) is 0 Å². The number of amides is 1. The number of methoxy groups -OCH3 is 1. The van der Waals surface area contributed by atoms with Crippen molar-refractivity contribution in [1.82, 2.24) is 0 Å². The minimum atomic E-state index is -1.20. The van der Waals surface area contributed by atoms with Crippen LogP contribution in [0.5, 0.6) is 11.5 Å². The van der Waals surface area contributed by atoms with Gasteiger partial charge in [0.1, 0.15) is 17.2 Å². The second kappa shape index (κ2) is 9.56. The van der Waals surface area contributed by atoms with Gasteiger partial charge in [-0.25, -0.2) is 4.79 Å². The maximum Gasteiger partial charge on any atom is 0.344 e. The van der Waals surface area contributed by atoms with Crippen LogP contribution in [0, 0.1) is 10.1 Å². The monoisotopic (exact) mass is 408 g/mol. The quantitative estimate of drug-likeness (QED) is 0.405. The molecule has 0 fully saturated rings. The zero-order chi connectivity index (χ0) is 20.7. The van der Waals surface area contributed by atoms with Crippen molar-refractivity contribution in [1.29, 1.82) is 0 Å². The number of nitrogens with one attached hydrogen (secondary N) is 1. The van der Waals surface area contributed by atoms with Gasteiger partial charge in [0.15, 0.2) is 12.7 Å². The number of nitro groups is 1. The number of benzene rings is 2. The molecule has 0 unspecified atom stereocenters. The molecular formula is C18H17ClN2O7. The summed E-state index contributed by atoms with van der Waals surface area (Å²) in [6.07, 6.45) is -1.20. The maximum atomic E-state index is 12.2. The molecule has 1 atom stereocenters. The molecule has 0 aliphatic rings. The van der Waals surface area contributed by atoms with Gasteiger partial charge in [0.25, 0.3) is 11.6 Å². The molecule has 28 heavy (non-hydrogen) atoms. The maximum absolute atomic E-state index is 12.2. The first kappa shape index (κ1) is 21.0. The summed E-state index contributed by atoms with van der Waals surface area (Å²) in [5.41, 5.74) is -0.399. The number of hydrogen-bond donors (Lipinski definition) is 1. The van der Waals surface area contributed by atoms with E-state index in [1.54, 1.807) is 18.2 Å². The van der Waals surface area contributed by atoms with Crippen molar-refractivity contribution in [2.45, 2.75) is 13.0 Å². The largest absolute Gasteiger partial charge is 0.496 e. The Labute approximate surface area is 165 Å². The number of hydrogen-bond acceptors (Lipinski definition) is 7. The number of anilines is 1. The molecule has 0 saturated heterocycles. The topological polar surface area (TPSA) is 117 Å². The number of carbonyl (C=O) groups excluding carboxylic acids is 2. The SMILES string of the molecule is COc1ccc(NC(=O)[C@H](C)OC(=O)COc2cccc(Cl)c2)c([N+](=O)[O-])c1. The second-order valence-electron chi connectivity index (χ2n) is 5.51. The van der Waals surface area contributed by atoms with Crippen LogP contribution in [0.15, 0.2) is 42.5 Å². The first-order valence-corrected chi connectivity index (χ1v) is 8.39. The van der Waals surface area contributed by atoms with E-state index in [2.05, 4.69) is 5.32 Å². The fourth-order valence-electron chi connectivity index (χ4n) is 2.11. The zero-order valence-corrected chi connectivity index (χ0v) is 15.8. The molecule has 0 aromatic heterocycles. The highest BCUT2D eigenvalue weighted by molar-refractivity contribution is 6.30. The summed E-state index contributed by atoms with van der Waals surface area (Å²) in [5, 5.41) is 14.0. The van der Waals surface area contributed by atoms with Crippen LogP contribution < -0.4 is 14.8 Å². The number of nitrogens with zero attached hydrogens (tertiary/aromatic N) is 1. The number of carbonyl (C=O) groups is 2. The minimum Gasteiger partial charge on any atom is -0.496 e. The summed E-state index contributed by atoms with van der Waals surface area (Å²) in [5.74, 6) is -0.881. The van der Waals surface area contributed by atoms with E-state index in [0.29, 0.717) is 10.8 Å². The van der Waals surface area contributed by atoms with Crippen LogP contribution in [-0.4, -0.2) is 36.6 Å². The van der Waals surface area contributed by atoms with E-state index < -0.39 is 29.5 Å². The van der Waals surface area contributed by atoms with Crippen LogP contribution in [0.25, 0.3) is 0 Å². The molecule has 0 bridgehead atoms. The standard InChI is InChI=1S/C18H17ClN2O7/c1-11(28-17(22)10-27-14-5-3-4-12(19)8-14)18(23)20-15-7-6-13(26-2)9-16(15)21(24)25/h3-9,11H,10H2,1-2H3,(H,20,23)/t11-/m0/s1. The van der Waals surface area contributed by atoms with Crippen LogP contribution >= 0.6 is 11.6 Å². The van der Waals surface area contributed by atoms with Crippen LogP contribution in [0.2, 0.25) is 5.02 Å². The van der Waals surface area contributed by atoms with Gasteiger partial charge in [-0.15, -0.1) is 0 Å². The molecule has 0 saturated carbocycles. The Balaban J connectivity index is 1.93. The van der Waals surface area contributed by atoms with E-state index in [1.807, 2.05) is 0 Å². The summed E-state index contributed by atoms with van der Waals surface area (Å²) in [7, 11) is 1.37. The summed E-state index contributed by atoms with van der Waals surface area (Å²) in [6, 6.07) is 10.4. The Morgan fingerprint density at radius 1 is 1.21 bits per heavy atom. The van der Waals surface area contributed by atoms with Gasteiger partial charge in [-0.1, -0.05) is 17.7 Å². The molecule has 1 amide bonds. The molecule has 0 aliphatic carbocycles. The number of ether oxygens (including phenoxy) is 3. The molecule has 2 aromatic rings. The van der Waals surface area contributed by atoms with Crippen molar-refractivity contribution < 1.29 is 28.7 Å². The number of esters is 1. The Kier molecular flexibility index (Phi) is 7.16. The number of halogens is 1. The zero-order valence-electron chi connectivity index (χ0n) is 15.0. The molecule has 0 radical (unpaired) electrons. The second-order valence-corrected chi connectivity index (χ2v) is 5.94. The normalized spacial score (nSPS) is 11.2. The molecule has 0 heterocycles. The van der Waals surface area contributed by atoms with E-state index in [9.17, 15) is 19.7 Å². The first-order chi connectivity index (χ1) is 13.3. The van der Waals surface area contributed by atoms with E-state index >= 15 is 0 Å². The van der Waals surface area contributed by atoms with Crippen molar-refractivity contribution in [2.24, 2.45) is 0 Å². The van der Waals surface area contributed by atoms with Gasteiger partial charge in [0.05, 0.1) is 18.1 Å². The smallest absolute Gasteiger partial charge is 0.344 e. The van der Waals surface area contributed by atoms with Crippen molar-refractivity contribution in [3.8, 4) is 11.5 Å². The lowest BCUT2D eigenvalue weighted by molar-refractivity contribution is -0.384. The molecule has 2 rings (SSSR count). The predicted octanol–water partition coefficient (Wildman–Crippen LogP) is 3.21. The third-order valence-corrected chi connectivity index (χ3v) is 3.72. The molecule has 1 N–H and O–H groups in total. The van der Waals surface area contributed by atoms with Crippen molar-refractivity contribution in [2.75, 3.05) is 19.0 Å². The van der Waals surface area contributed by atoms with Crippen LogP contribution in [0.1, 0.15) is 6.92 Å². The van der Waals surface area contributed by atoms with E-state index in [-0.39, 0.29) is 17.1 Å². The highest BCUT2D eigenvalue weighted by Gasteiger charge is 2.22. The van der Waals surface area contributed by atoms with Gasteiger partial charge < -0.3 is 19.5 Å². The average molecular weight is 409 g/mol. The summed E-state index contributed by atoms with van der Waals surface area (Å²) in [4.78, 5) is 34.5. The van der Waals surface area contributed by atoms with Crippen LogP contribution in [-0.2, 0) is 14.3 Å². The third kappa shape index (κ3) is 5.85. The lowest BCUT2D eigenvalue weighted by Gasteiger charge is -2.14. The Morgan fingerprint density at radius 2 is 1.96 bits per heavy atom. The first-order valence-electron chi connectivity index (χ1n) is 8.01. The fourth-order valence-corrected chi connectivity index (χ4v) is 2.29. The molecule has 0 aliphatic heterocycles. The van der Waals surface area contributed by atoms with Gasteiger partial charge in [0.2, 0.25) is 0 Å². The minimum absolute atomic E-state index is 0.0473. The van der Waals surface area contributed by atoms with Gasteiger partial charge >= 0.3 is 5.97 Å². The molecular weight excluding hydrogens is 392 g/mol. The van der Waals surface area contributed by atoms with Gasteiger partial charge in [-0.3, -0.25) is 14.9 Å². The fraction of sp³-hybridized carbons (Fsp3) is 0.222. The number of rotatable bonds is 8. The van der Waals surface area contributed by atoms with Crippen molar-refractivity contribution >= 4 is 34.9 Å². The van der Waals surface area contributed by atoms with Crippen molar-refractivity contribution in [3.05, 3.63) is 57.6 Å². The average Bonchev–Trinajstić information content (AvgIpc) is 2.66. The molecule has 2 aromatic carbocycles. The Morgan fingerprint density at radius 3 is 2.61 bits per heavy atom. The van der Waals surface area contributed by atoms with Gasteiger partial charge in [-0.05, 0) is 37.3 Å². The lowest BCUT2D eigenvalue weighted by atomic mass is 10.2. The molecule has 148 valence electrons. The predicted molar refractivity (Wildman–Crippen MR) is 101 cm³/mol. The van der Waals surface area contributed by atoms with E-state index in [4.69, 9.17) is 25.8 Å². The summed E-state index contributed by atoms with van der Waals surface area (Å²) >= 11 is 5.81. The molecule has 10 heteroatoms. The van der Waals surface area contributed by atoms with Gasteiger partial charge in [0, 0.05) is 5.02 Å². The molecule has 0 spiro atoms. The highest BCUT2D eigenvalue weighted by atomic mass is 35.5. The van der Waals surface area contributed by atoms with E-state index in [1.165, 1.54) is 38.3 Å². The third-order valence-electron chi connectivity index (χ3n) is 3.49. The van der Waals surface area contributed by atoms with Crippen molar-refractivity contribution in [3.63, 3.8) is 0 Å². The van der Waals surface area contributed by atoms with E-state index in [0.717, 1.165) is 0 Å². The summed E-state index contributed by atoms with van der Waals surface area (Å²) < 4.78 is 15.1.